The summed E-state index contributed by atoms with van der Waals surface area (Å²) >= 11 is 1.79. The minimum atomic E-state index is -0.236. The second-order valence-corrected chi connectivity index (χ2v) is 7.78. The topological polar surface area (TPSA) is 79.5 Å². The third-order valence-electron chi connectivity index (χ3n) is 4.37. The molecule has 1 aliphatic rings. The van der Waals surface area contributed by atoms with Gasteiger partial charge in [0.25, 0.3) is 0 Å². The fourth-order valence-electron chi connectivity index (χ4n) is 3.02. The first-order chi connectivity index (χ1) is 12.1. The zero-order valence-corrected chi connectivity index (χ0v) is 16.0. The summed E-state index contributed by atoms with van der Waals surface area (Å²) in [4.78, 5) is 16.8. The molecule has 1 fully saturated rings. The number of carbonyl (C=O) groups is 1. The van der Waals surface area contributed by atoms with Crippen LogP contribution >= 0.6 is 11.8 Å². The van der Waals surface area contributed by atoms with E-state index in [-0.39, 0.29) is 12.2 Å². The first-order valence-corrected chi connectivity index (χ1v) is 10.1. The molecular formula is C19H30N4OS. The summed E-state index contributed by atoms with van der Waals surface area (Å²) in [5.41, 5.74) is 7.09. The summed E-state index contributed by atoms with van der Waals surface area (Å²) < 4.78 is 0. The van der Waals surface area contributed by atoms with Gasteiger partial charge in [0, 0.05) is 18.5 Å². The standard InChI is InChI=1S/C19H30N4OS/c1-3-25-18(16-9-11-17(20)12-10-16)22-14(2)23-19(24)21-13-15-7-5-4-6-8-15/h4-8,14,16-17H,3,9-13,20H2,1-2H3,(H2,21,23,24)/b22-18-. The predicted molar refractivity (Wildman–Crippen MR) is 107 cm³/mol. The lowest BCUT2D eigenvalue weighted by Gasteiger charge is -2.27. The molecule has 0 aliphatic heterocycles. The number of aliphatic imine (C=N–C) groups is 1. The van der Waals surface area contributed by atoms with Crippen LogP contribution in [0, 0.1) is 5.92 Å². The van der Waals surface area contributed by atoms with E-state index in [2.05, 4.69) is 17.6 Å². The molecule has 0 aromatic heterocycles. The number of rotatable bonds is 6. The second kappa shape index (κ2) is 10.5. The Labute approximate surface area is 155 Å². The number of amides is 2. The van der Waals surface area contributed by atoms with Crippen molar-refractivity contribution >= 4 is 22.8 Å². The molecule has 4 N–H and O–H groups in total. The monoisotopic (exact) mass is 362 g/mol. The van der Waals surface area contributed by atoms with Gasteiger partial charge in [-0.2, -0.15) is 0 Å². The van der Waals surface area contributed by atoms with Crippen molar-refractivity contribution in [3.05, 3.63) is 35.9 Å². The summed E-state index contributed by atoms with van der Waals surface area (Å²) in [7, 11) is 0. The van der Waals surface area contributed by atoms with Crippen LogP contribution in [0.3, 0.4) is 0 Å². The van der Waals surface area contributed by atoms with E-state index >= 15 is 0 Å². The first-order valence-electron chi connectivity index (χ1n) is 9.12. The summed E-state index contributed by atoms with van der Waals surface area (Å²) in [5.74, 6) is 1.48. The van der Waals surface area contributed by atoms with E-state index < -0.39 is 0 Å². The van der Waals surface area contributed by atoms with Crippen LogP contribution < -0.4 is 16.4 Å². The Balaban J connectivity index is 1.84. The Morgan fingerprint density at radius 2 is 1.96 bits per heavy atom. The van der Waals surface area contributed by atoms with Crippen LogP contribution in [0.5, 0.6) is 0 Å². The largest absolute Gasteiger partial charge is 0.334 e. The molecule has 0 bridgehead atoms. The fourth-order valence-corrected chi connectivity index (χ4v) is 4.02. The lowest BCUT2D eigenvalue weighted by molar-refractivity contribution is 0.237. The van der Waals surface area contributed by atoms with Crippen molar-refractivity contribution in [3.8, 4) is 0 Å². The average molecular weight is 363 g/mol. The molecule has 1 aliphatic carbocycles. The Kier molecular flexibility index (Phi) is 8.28. The fraction of sp³-hybridized carbons (Fsp3) is 0.579. The van der Waals surface area contributed by atoms with Gasteiger partial charge in [-0.3, -0.25) is 4.99 Å². The van der Waals surface area contributed by atoms with Gasteiger partial charge in [0.1, 0.15) is 6.17 Å². The normalized spacial score (nSPS) is 22.3. The summed E-state index contributed by atoms with van der Waals surface area (Å²) in [6.07, 6.45) is 4.08. The second-order valence-electron chi connectivity index (χ2n) is 6.50. The highest BCUT2D eigenvalue weighted by atomic mass is 32.2. The van der Waals surface area contributed by atoms with Crippen molar-refractivity contribution in [1.29, 1.82) is 0 Å². The van der Waals surface area contributed by atoms with E-state index in [1.165, 1.54) is 0 Å². The van der Waals surface area contributed by atoms with E-state index in [4.69, 9.17) is 10.7 Å². The Bertz CT molecular complexity index is 556. The van der Waals surface area contributed by atoms with Gasteiger partial charge in [-0.1, -0.05) is 37.3 Å². The van der Waals surface area contributed by atoms with E-state index in [1.807, 2.05) is 37.3 Å². The van der Waals surface area contributed by atoms with Gasteiger partial charge in [-0.25, -0.2) is 4.79 Å². The van der Waals surface area contributed by atoms with Crippen molar-refractivity contribution in [1.82, 2.24) is 10.6 Å². The molecule has 1 aromatic carbocycles. The lowest BCUT2D eigenvalue weighted by atomic mass is 9.87. The molecule has 138 valence electrons. The van der Waals surface area contributed by atoms with Crippen molar-refractivity contribution < 1.29 is 4.79 Å². The van der Waals surface area contributed by atoms with Crippen LogP contribution in [-0.2, 0) is 6.54 Å². The van der Waals surface area contributed by atoms with E-state index in [1.54, 1.807) is 11.8 Å². The summed E-state index contributed by atoms with van der Waals surface area (Å²) in [6, 6.07) is 10.0. The number of hydrogen-bond acceptors (Lipinski definition) is 4. The summed E-state index contributed by atoms with van der Waals surface area (Å²) in [5, 5.41) is 6.95. The molecule has 0 spiro atoms. The van der Waals surface area contributed by atoms with Gasteiger partial charge in [-0.05, 0) is 43.9 Å². The third-order valence-corrected chi connectivity index (χ3v) is 5.39. The van der Waals surface area contributed by atoms with Crippen LogP contribution in [0.25, 0.3) is 0 Å². The molecule has 5 nitrogen and oxygen atoms in total. The highest BCUT2D eigenvalue weighted by molar-refractivity contribution is 8.13. The molecule has 1 atom stereocenters. The highest BCUT2D eigenvalue weighted by Crippen LogP contribution is 2.29. The van der Waals surface area contributed by atoms with Gasteiger partial charge in [0.05, 0.1) is 5.04 Å². The maximum absolute atomic E-state index is 12.1. The highest BCUT2D eigenvalue weighted by Gasteiger charge is 2.23. The zero-order valence-electron chi connectivity index (χ0n) is 15.2. The van der Waals surface area contributed by atoms with E-state index in [9.17, 15) is 4.79 Å². The molecule has 6 heteroatoms. The number of benzene rings is 1. The zero-order chi connectivity index (χ0) is 18.1. The number of hydrogen-bond donors (Lipinski definition) is 3. The van der Waals surface area contributed by atoms with Crippen molar-refractivity contribution in [2.24, 2.45) is 16.6 Å². The summed E-state index contributed by atoms with van der Waals surface area (Å²) in [6.45, 7) is 4.58. The number of thioether (sulfide) groups is 1. The number of nitrogens with one attached hydrogen (secondary N) is 2. The van der Waals surface area contributed by atoms with Crippen molar-refractivity contribution in [3.63, 3.8) is 0 Å². The van der Waals surface area contributed by atoms with Crippen LogP contribution in [-0.4, -0.2) is 29.0 Å². The van der Waals surface area contributed by atoms with Crippen LogP contribution in [0.2, 0.25) is 0 Å². The Morgan fingerprint density at radius 1 is 1.28 bits per heavy atom. The molecule has 0 heterocycles. The quantitative estimate of drug-likeness (QED) is 0.535. The average Bonchev–Trinajstić information content (AvgIpc) is 2.61. The van der Waals surface area contributed by atoms with Gasteiger partial charge < -0.3 is 16.4 Å². The van der Waals surface area contributed by atoms with Crippen LogP contribution in [0.4, 0.5) is 4.79 Å². The SMILES string of the molecule is CCS/C(=N\C(C)NC(=O)NCc1ccccc1)C1CCC(N)CC1. The van der Waals surface area contributed by atoms with Crippen LogP contribution in [0.15, 0.2) is 35.3 Å². The minimum absolute atomic E-state index is 0.188. The predicted octanol–water partition coefficient (Wildman–Crippen LogP) is 3.50. The molecular weight excluding hydrogens is 332 g/mol. The lowest BCUT2D eigenvalue weighted by Crippen LogP contribution is -2.40. The number of urea groups is 1. The number of nitrogens with zero attached hydrogens (tertiary/aromatic N) is 1. The van der Waals surface area contributed by atoms with Crippen molar-refractivity contribution in [2.45, 2.75) is 58.3 Å². The number of nitrogens with two attached hydrogens (primary N) is 1. The molecule has 1 unspecified atom stereocenters. The van der Waals surface area contributed by atoms with Gasteiger partial charge in [-0.15, -0.1) is 11.8 Å². The van der Waals surface area contributed by atoms with Gasteiger partial charge in [0.2, 0.25) is 0 Å². The Hall–Kier alpha value is -1.53. The maximum atomic E-state index is 12.1. The number of carbonyl (C=O) groups excluding carboxylic acids is 1. The smallest absolute Gasteiger partial charge is 0.316 e. The Morgan fingerprint density at radius 3 is 2.60 bits per heavy atom. The van der Waals surface area contributed by atoms with E-state index in [0.717, 1.165) is 42.0 Å². The molecule has 2 rings (SSSR count). The van der Waals surface area contributed by atoms with Gasteiger partial charge in [0.15, 0.2) is 0 Å². The first kappa shape index (κ1) is 19.8. The minimum Gasteiger partial charge on any atom is -0.334 e. The van der Waals surface area contributed by atoms with Gasteiger partial charge >= 0.3 is 6.03 Å². The molecule has 1 aromatic rings. The maximum Gasteiger partial charge on any atom is 0.316 e. The molecule has 0 saturated heterocycles. The molecule has 0 radical (unpaired) electrons. The molecule has 25 heavy (non-hydrogen) atoms. The van der Waals surface area contributed by atoms with Crippen LogP contribution in [0.1, 0.15) is 45.1 Å². The molecule has 2 amide bonds. The van der Waals surface area contributed by atoms with E-state index in [0.29, 0.717) is 18.5 Å². The van der Waals surface area contributed by atoms with Crippen molar-refractivity contribution in [2.75, 3.05) is 5.75 Å². The molecule has 1 saturated carbocycles. The third kappa shape index (κ3) is 7.08.